The van der Waals surface area contributed by atoms with Crippen LogP contribution in [-0.2, 0) is 13.7 Å². The van der Waals surface area contributed by atoms with E-state index in [-0.39, 0.29) is 6.61 Å². The lowest BCUT2D eigenvalue weighted by atomic mass is 10.6. The van der Waals surface area contributed by atoms with E-state index in [1.807, 2.05) is 17.8 Å². The average Bonchev–Trinajstić information content (AvgIpc) is 2.75. The summed E-state index contributed by atoms with van der Waals surface area (Å²) in [5.41, 5.74) is 0. The molecule has 1 N–H and O–H groups in total. The van der Waals surface area contributed by atoms with Crippen LogP contribution in [0.2, 0.25) is 5.15 Å². The largest absolute Gasteiger partial charge is 0.391 e. The number of thiazole rings is 1. The number of aliphatic hydroxyl groups excluding tert-OH is 1. The summed E-state index contributed by atoms with van der Waals surface area (Å²) < 4.78 is 2.69. The lowest BCUT2D eigenvalue weighted by molar-refractivity contribution is 0.285. The summed E-state index contributed by atoms with van der Waals surface area (Å²) in [6.07, 6.45) is 3.59. The highest BCUT2D eigenvalue weighted by atomic mass is 35.5. The molecule has 0 atom stereocenters. The number of halogens is 1. The van der Waals surface area contributed by atoms with E-state index in [0.29, 0.717) is 10.0 Å². The molecular weight excluding hydrogens is 254 g/mol. The lowest BCUT2D eigenvalue weighted by Crippen LogP contribution is -1.87. The summed E-state index contributed by atoms with van der Waals surface area (Å²) in [4.78, 5) is 8.98. The third-order valence-electron chi connectivity index (χ3n) is 1.73. The Labute approximate surface area is 99.9 Å². The van der Waals surface area contributed by atoms with E-state index in [4.69, 9.17) is 16.7 Å². The fraction of sp³-hybridized carbons (Fsp3) is 0.250. The molecule has 2 aromatic rings. The Kier molecular flexibility index (Phi) is 3.30. The number of nitrogens with zero attached hydrogens (tertiary/aromatic N) is 3. The highest BCUT2D eigenvalue weighted by molar-refractivity contribution is 8.00. The monoisotopic (exact) mass is 261 g/mol. The molecule has 0 aromatic carbocycles. The van der Waals surface area contributed by atoms with Crippen LogP contribution in [0.5, 0.6) is 0 Å². The molecule has 2 aromatic heterocycles. The van der Waals surface area contributed by atoms with Gasteiger partial charge in [-0.15, -0.1) is 11.3 Å². The van der Waals surface area contributed by atoms with Crippen molar-refractivity contribution in [2.45, 2.75) is 16.1 Å². The van der Waals surface area contributed by atoms with E-state index >= 15 is 0 Å². The fourth-order valence-corrected chi connectivity index (χ4v) is 3.19. The van der Waals surface area contributed by atoms with Gasteiger partial charge >= 0.3 is 0 Å². The van der Waals surface area contributed by atoms with Gasteiger partial charge in [0.05, 0.1) is 11.5 Å². The van der Waals surface area contributed by atoms with E-state index in [9.17, 15) is 0 Å². The number of aliphatic hydroxyl groups is 1. The zero-order valence-electron chi connectivity index (χ0n) is 7.85. The molecule has 0 bridgehead atoms. The van der Waals surface area contributed by atoms with E-state index in [2.05, 4.69) is 9.97 Å². The van der Waals surface area contributed by atoms with Gasteiger partial charge in [-0.2, -0.15) is 0 Å². The van der Waals surface area contributed by atoms with Gasteiger partial charge in [0.2, 0.25) is 0 Å². The van der Waals surface area contributed by atoms with Gasteiger partial charge in [0.25, 0.3) is 0 Å². The SMILES string of the molecule is Cn1ccnc1Sc1nc(Cl)c(CO)s1. The van der Waals surface area contributed by atoms with Gasteiger partial charge < -0.3 is 9.67 Å². The van der Waals surface area contributed by atoms with Crippen molar-refractivity contribution in [2.24, 2.45) is 7.05 Å². The Morgan fingerprint density at radius 3 is 3.00 bits per heavy atom. The summed E-state index contributed by atoms with van der Waals surface area (Å²) in [5, 5.41) is 10.2. The minimum atomic E-state index is -0.0718. The van der Waals surface area contributed by atoms with E-state index < -0.39 is 0 Å². The first-order valence-corrected chi connectivity index (χ1v) is 6.13. The zero-order chi connectivity index (χ0) is 10.8. The molecule has 0 saturated heterocycles. The fourth-order valence-electron chi connectivity index (χ4n) is 0.982. The predicted molar refractivity (Wildman–Crippen MR) is 60.4 cm³/mol. The summed E-state index contributed by atoms with van der Waals surface area (Å²) in [6.45, 7) is -0.0718. The summed E-state index contributed by atoms with van der Waals surface area (Å²) in [6, 6.07) is 0. The Morgan fingerprint density at radius 2 is 2.47 bits per heavy atom. The first-order chi connectivity index (χ1) is 7.20. The molecule has 0 radical (unpaired) electrons. The number of aromatic nitrogens is 3. The van der Waals surface area contributed by atoms with Crippen LogP contribution in [0, 0.1) is 0 Å². The van der Waals surface area contributed by atoms with Crippen LogP contribution >= 0.6 is 34.7 Å². The Morgan fingerprint density at radius 1 is 1.67 bits per heavy atom. The number of hydrogen-bond donors (Lipinski definition) is 1. The summed E-state index contributed by atoms with van der Waals surface area (Å²) in [5.74, 6) is 0. The van der Waals surface area contributed by atoms with Crippen LogP contribution in [0.3, 0.4) is 0 Å². The topological polar surface area (TPSA) is 50.9 Å². The number of hydrogen-bond acceptors (Lipinski definition) is 5. The quantitative estimate of drug-likeness (QED) is 0.920. The third-order valence-corrected chi connectivity index (χ3v) is 4.33. The smallest absolute Gasteiger partial charge is 0.174 e. The van der Waals surface area contributed by atoms with Crippen LogP contribution in [0.25, 0.3) is 0 Å². The second kappa shape index (κ2) is 4.52. The second-order valence-corrected chi connectivity index (χ2v) is 5.43. The molecule has 0 fully saturated rings. The molecule has 2 rings (SSSR count). The van der Waals surface area contributed by atoms with Crippen molar-refractivity contribution in [1.82, 2.24) is 14.5 Å². The predicted octanol–water partition coefficient (Wildman–Crippen LogP) is 2.17. The van der Waals surface area contributed by atoms with Crippen molar-refractivity contribution in [2.75, 3.05) is 0 Å². The summed E-state index contributed by atoms with van der Waals surface area (Å²) in [7, 11) is 1.91. The van der Waals surface area contributed by atoms with Crippen molar-refractivity contribution < 1.29 is 5.11 Å². The molecule has 0 amide bonds. The molecule has 80 valence electrons. The second-order valence-electron chi connectivity index (χ2n) is 2.77. The maximum Gasteiger partial charge on any atom is 0.174 e. The Hall–Kier alpha value is -0.560. The van der Waals surface area contributed by atoms with Gasteiger partial charge in [-0.05, 0) is 11.8 Å². The van der Waals surface area contributed by atoms with Crippen molar-refractivity contribution >= 4 is 34.7 Å². The van der Waals surface area contributed by atoms with Crippen molar-refractivity contribution in [3.8, 4) is 0 Å². The maximum absolute atomic E-state index is 8.97. The standard InChI is InChI=1S/C8H8ClN3OS2/c1-12-3-2-10-7(12)15-8-11-6(9)5(4-13)14-8/h2-3,13H,4H2,1H3. The Balaban J connectivity index is 2.21. The van der Waals surface area contributed by atoms with Gasteiger partial charge in [0, 0.05) is 19.4 Å². The lowest BCUT2D eigenvalue weighted by Gasteiger charge is -1.96. The van der Waals surface area contributed by atoms with Crippen LogP contribution < -0.4 is 0 Å². The molecule has 0 aliphatic heterocycles. The first-order valence-electron chi connectivity index (χ1n) is 4.12. The highest BCUT2D eigenvalue weighted by Crippen LogP contribution is 2.33. The number of imidazole rings is 1. The molecule has 15 heavy (non-hydrogen) atoms. The van der Waals surface area contributed by atoms with Crippen LogP contribution in [-0.4, -0.2) is 19.6 Å². The third kappa shape index (κ3) is 2.34. The minimum Gasteiger partial charge on any atom is -0.391 e. The van der Waals surface area contributed by atoms with E-state index in [1.165, 1.54) is 23.1 Å². The van der Waals surface area contributed by atoms with Crippen LogP contribution in [0.15, 0.2) is 21.9 Å². The minimum absolute atomic E-state index is 0.0718. The van der Waals surface area contributed by atoms with Crippen molar-refractivity contribution in [3.63, 3.8) is 0 Å². The van der Waals surface area contributed by atoms with Gasteiger partial charge in [0.15, 0.2) is 9.50 Å². The molecule has 0 spiro atoms. The molecule has 0 aliphatic carbocycles. The highest BCUT2D eigenvalue weighted by Gasteiger charge is 2.11. The molecule has 4 nitrogen and oxygen atoms in total. The number of aryl methyl sites for hydroxylation is 1. The van der Waals surface area contributed by atoms with Gasteiger partial charge in [0.1, 0.15) is 5.15 Å². The molecule has 7 heteroatoms. The molecule has 2 heterocycles. The zero-order valence-corrected chi connectivity index (χ0v) is 10.2. The molecule has 0 aliphatic rings. The van der Waals surface area contributed by atoms with Gasteiger partial charge in [-0.25, -0.2) is 9.97 Å². The van der Waals surface area contributed by atoms with E-state index in [0.717, 1.165) is 9.50 Å². The number of rotatable bonds is 3. The average molecular weight is 262 g/mol. The molecular formula is C8H8ClN3OS2. The molecule has 0 saturated carbocycles. The maximum atomic E-state index is 8.97. The van der Waals surface area contributed by atoms with E-state index in [1.54, 1.807) is 6.20 Å². The summed E-state index contributed by atoms with van der Waals surface area (Å²) >= 11 is 8.64. The van der Waals surface area contributed by atoms with Crippen molar-refractivity contribution in [1.29, 1.82) is 0 Å². The van der Waals surface area contributed by atoms with Gasteiger partial charge in [-0.1, -0.05) is 11.6 Å². The normalized spacial score (nSPS) is 10.9. The first kappa shape index (κ1) is 10.9. The van der Waals surface area contributed by atoms with Crippen molar-refractivity contribution in [3.05, 3.63) is 22.4 Å². The van der Waals surface area contributed by atoms with Gasteiger partial charge in [-0.3, -0.25) is 0 Å². The van der Waals surface area contributed by atoms with Crippen LogP contribution in [0.4, 0.5) is 0 Å². The molecule has 0 unspecified atom stereocenters. The Bertz CT molecular complexity index is 468. The van der Waals surface area contributed by atoms with Crippen LogP contribution in [0.1, 0.15) is 4.88 Å².